The second kappa shape index (κ2) is 7.40. The number of nitrogens with one attached hydrogen (secondary N) is 2. The summed E-state index contributed by atoms with van der Waals surface area (Å²) in [5, 5.41) is 11.0. The second-order valence-corrected chi connectivity index (χ2v) is 6.34. The molecule has 2 rings (SSSR count). The zero-order chi connectivity index (χ0) is 14.4. The lowest BCUT2D eigenvalue weighted by Gasteiger charge is -2.15. The summed E-state index contributed by atoms with van der Waals surface area (Å²) in [6.45, 7) is 5.89. The van der Waals surface area contributed by atoms with E-state index in [0.29, 0.717) is 5.92 Å². The fraction of sp³-hybridized carbons (Fsp3) is 0.429. The fourth-order valence-corrected chi connectivity index (χ4v) is 3.30. The summed E-state index contributed by atoms with van der Waals surface area (Å²) in [6, 6.07) is 2.17. The third-order valence-electron chi connectivity index (χ3n) is 3.17. The first-order valence-corrected chi connectivity index (χ1v) is 8.38. The van der Waals surface area contributed by atoms with E-state index in [1.54, 1.807) is 29.7 Å². The number of rotatable bonds is 5. The van der Waals surface area contributed by atoms with E-state index >= 15 is 0 Å². The molecule has 0 aliphatic carbocycles. The van der Waals surface area contributed by atoms with Crippen LogP contribution in [0.5, 0.6) is 0 Å². The van der Waals surface area contributed by atoms with Crippen molar-refractivity contribution in [2.75, 3.05) is 13.6 Å². The fourth-order valence-electron chi connectivity index (χ4n) is 1.80. The summed E-state index contributed by atoms with van der Waals surface area (Å²) < 4.78 is 0. The molecule has 0 bridgehead atoms. The van der Waals surface area contributed by atoms with Gasteiger partial charge in [-0.05, 0) is 35.2 Å². The standard InChI is InChI=1S/C14H20N4S2/c1-10(12-4-5-19-8-12)6-16-14(15-3)17-7-13-11(2)18-9-20-13/h4-5,8-10H,6-7H2,1-3H3,(H2,15,16,17). The first-order chi connectivity index (χ1) is 9.70. The molecular formula is C14H20N4S2. The average molecular weight is 308 g/mol. The maximum Gasteiger partial charge on any atom is 0.191 e. The lowest BCUT2D eigenvalue weighted by atomic mass is 10.1. The molecule has 0 fully saturated rings. The highest BCUT2D eigenvalue weighted by Gasteiger charge is 2.07. The number of hydrogen-bond acceptors (Lipinski definition) is 4. The number of aromatic nitrogens is 1. The van der Waals surface area contributed by atoms with Crippen LogP contribution in [0.3, 0.4) is 0 Å². The largest absolute Gasteiger partial charge is 0.356 e. The number of aliphatic imine (C=N–C) groups is 1. The normalized spacial score (nSPS) is 13.2. The maximum atomic E-state index is 4.25. The number of aryl methyl sites for hydroxylation is 1. The van der Waals surface area contributed by atoms with Crippen LogP contribution in [-0.2, 0) is 6.54 Å². The van der Waals surface area contributed by atoms with E-state index in [2.05, 4.69) is 44.4 Å². The number of thiophene rings is 1. The van der Waals surface area contributed by atoms with Crippen LogP contribution in [0.2, 0.25) is 0 Å². The summed E-state index contributed by atoms with van der Waals surface area (Å²) in [6.07, 6.45) is 0. The maximum absolute atomic E-state index is 4.25. The lowest BCUT2D eigenvalue weighted by molar-refractivity contribution is 0.701. The monoisotopic (exact) mass is 308 g/mol. The van der Waals surface area contributed by atoms with Gasteiger partial charge in [0, 0.05) is 18.5 Å². The van der Waals surface area contributed by atoms with Gasteiger partial charge >= 0.3 is 0 Å². The smallest absolute Gasteiger partial charge is 0.191 e. The summed E-state index contributed by atoms with van der Waals surface area (Å²) >= 11 is 3.41. The van der Waals surface area contributed by atoms with Gasteiger partial charge in [0.05, 0.1) is 17.7 Å². The number of hydrogen-bond donors (Lipinski definition) is 2. The van der Waals surface area contributed by atoms with E-state index in [4.69, 9.17) is 0 Å². The van der Waals surface area contributed by atoms with E-state index < -0.39 is 0 Å². The van der Waals surface area contributed by atoms with Crippen molar-refractivity contribution in [3.63, 3.8) is 0 Å². The van der Waals surface area contributed by atoms with Crippen LogP contribution in [-0.4, -0.2) is 24.5 Å². The van der Waals surface area contributed by atoms with Crippen molar-refractivity contribution in [3.05, 3.63) is 38.5 Å². The molecule has 0 saturated carbocycles. The Morgan fingerprint density at radius 1 is 1.45 bits per heavy atom. The summed E-state index contributed by atoms with van der Waals surface area (Å²) in [4.78, 5) is 9.75. The Morgan fingerprint density at radius 3 is 2.90 bits per heavy atom. The molecule has 1 unspecified atom stereocenters. The van der Waals surface area contributed by atoms with Crippen molar-refractivity contribution in [2.24, 2.45) is 4.99 Å². The molecule has 2 heterocycles. The molecule has 2 aromatic rings. The van der Waals surface area contributed by atoms with E-state index in [9.17, 15) is 0 Å². The van der Waals surface area contributed by atoms with Crippen LogP contribution in [0.1, 0.15) is 29.0 Å². The first kappa shape index (κ1) is 15.0. The molecule has 0 saturated heterocycles. The quantitative estimate of drug-likeness (QED) is 0.659. The van der Waals surface area contributed by atoms with Gasteiger partial charge in [0.1, 0.15) is 0 Å². The van der Waals surface area contributed by atoms with Gasteiger partial charge in [-0.15, -0.1) is 11.3 Å². The molecule has 4 nitrogen and oxygen atoms in total. The van der Waals surface area contributed by atoms with Crippen LogP contribution in [0.15, 0.2) is 27.3 Å². The Bertz CT molecular complexity index is 545. The van der Waals surface area contributed by atoms with Crippen molar-refractivity contribution in [1.82, 2.24) is 15.6 Å². The highest BCUT2D eigenvalue weighted by atomic mass is 32.1. The number of nitrogens with zero attached hydrogens (tertiary/aromatic N) is 2. The summed E-state index contributed by atoms with van der Waals surface area (Å²) in [7, 11) is 1.80. The van der Waals surface area contributed by atoms with E-state index in [1.807, 2.05) is 12.4 Å². The molecule has 1 atom stereocenters. The molecule has 0 aliphatic rings. The van der Waals surface area contributed by atoms with Crippen LogP contribution in [0, 0.1) is 6.92 Å². The molecule has 6 heteroatoms. The van der Waals surface area contributed by atoms with Gasteiger partial charge in [-0.2, -0.15) is 11.3 Å². The molecule has 0 radical (unpaired) electrons. The highest BCUT2D eigenvalue weighted by molar-refractivity contribution is 7.09. The minimum absolute atomic E-state index is 0.477. The molecule has 2 N–H and O–H groups in total. The third-order valence-corrected chi connectivity index (χ3v) is 4.81. The topological polar surface area (TPSA) is 49.3 Å². The third kappa shape index (κ3) is 4.05. The van der Waals surface area contributed by atoms with Crippen molar-refractivity contribution in [1.29, 1.82) is 0 Å². The van der Waals surface area contributed by atoms with Gasteiger partial charge in [0.2, 0.25) is 0 Å². The van der Waals surface area contributed by atoms with Gasteiger partial charge in [-0.1, -0.05) is 6.92 Å². The number of thiazole rings is 1. The Hall–Kier alpha value is -1.40. The lowest BCUT2D eigenvalue weighted by Crippen LogP contribution is -2.38. The SMILES string of the molecule is CN=C(NCc1scnc1C)NCC(C)c1ccsc1. The molecule has 2 aromatic heterocycles. The zero-order valence-electron chi connectivity index (χ0n) is 12.0. The second-order valence-electron chi connectivity index (χ2n) is 4.63. The molecule has 0 aromatic carbocycles. The molecule has 0 amide bonds. The minimum atomic E-state index is 0.477. The Balaban J connectivity index is 1.80. The van der Waals surface area contributed by atoms with Crippen LogP contribution < -0.4 is 10.6 Å². The van der Waals surface area contributed by atoms with E-state index in [-0.39, 0.29) is 0 Å². The Kier molecular flexibility index (Phi) is 5.55. The molecule has 108 valence electrons. The zero-order valence-corrected chi connectivity index (χ0v) is 13.6. The van der Waals surface area contributed by atoms with Gasteiger partial charge in [0.15, 0.2) is 5.96 Å². The van der Waals surface area contributed by atoms with Crippen molar-refractivity contribution in [3.8, 4) is 0 Å². The van der Waals surface area contributed by atoms with Crippen molar-refractivity contribution in [2.45, 2.75) is 26.3 Å². The predicted octanol–water partition coefficient (Wildman–Crippen LogP) is 2.98. The average Bonchev–Trinajstić information content (AvgIpc) is 3.10. The predicted molar refractivity (Wildman–Crippen MR) is 87.8 cm³/mol. The molecule has 20 heavy (non-hydrogen) atoms. The number of guanidine groups is 1. The summed E-state index contributed by atoms with van der Waals surface area (Å²) in [5.41, 5.74) is 4.34. The first-order valence-electron chi connectivity index (χ1n) is 6.56. The van der Waals surface area contributed by atoms with Gasteiger partial charge < -0.3 is 10.6 Å². The molecule has 0 aliphatic heterocycles. The van der Waals surface area contributed by atoms with Gasteiger partial charge in [-0.25, -0.2) is 4.98 Å². The van der Waals surface area contributed by atoms with E-state index in [1.165, 1.54) is 10.4 Å². The van der Waals surface area contributed by atoms with Crippen LogP contribution in [0.25, 0.3) is 0 Å². The molecular weight excluding hydrogens is 288 g/mol. The Labute approximate surface area is 128 Å². The van der Waals surface area contributed by atoms with Gasteiger partial charge in [0.25, 0.3) is 0 Å². The summed E-state index contributed by atoms with van der Waals surface area (Å²) in [5.74, 6) is 1.31. The molecule has 0 spiro atoms. The van der Waals surface area contributed by atoms with Crippen molar-refractivity contribution >= 4 is 28.6 Å². The minimum Gasteiger partial charge on any atom is -0.356 e. The van der Waals surface area contributed by atoms with Crippen LogP contribution >= 0.6 is 22.7 Å². The van der Waals surface area contributed by atoms with E-state index in [0.717, 1.165) is 24.7 Å². The van der Waals surface area contributed by atoms with Gasteiger partial charge in [-0.3, -0.25) is 4.99 Å². The van der Waals surface area contributed by atoms with Crippen molar-refractivity contribution < 1.29 is 0 Å². The Morgan fingerprint density at radius 2 is 2.30 bits per heavy atom. The van der Waals surface area contributed by atoms with Crippen LogP contribution in [0.4, 0.5) is 0 Å². The highest BCUT2D eigenvalue weighted by Crippen LogP contribution is 2.17.